The highest BCUT2D eigenvalue weighted by Crippen LogP contribution is 2.23. The quantitative estimate of drug-likeness (QED) is 0.541. The van der Waals surface area contributed by atoms with Crippen LogP contribution in [0.3, 0.4) is 0 Å². The SMILES string of the molecule is O=C(Cl)/C=C/c1ccc(OCc2ccc(Cl)c(Cl)c2)cc1. The molecule has 0 atom stereocenters. The summed E-state index contributed by atoms with van der Waals surface area (Å²) in [4.78, 5) is 10.6. The summed E-state index contributed by atoms with van der Waals surface area (Å²) in [6.07, 6.45) is 2.94. The minimum atomic E-state index is -0.505. The Labute approximate surface area is 137 Å². The molecular formula is C16H11Cl3O2. The second kappa shape index (κ2) is 7.51. The lowest BCUT2D eigenvalue weighted by Gasteiger charge is -2.07. The predicted molar refractivity (Wildman–Crippen MR) is 87.1 cm³/mol. The maximum absolute atomic E-state index is 10.6. The van der Waals surface area contributed by atoms with Gasteiger partial charge in [0.15, 0.2) is 0 Å². The lowest BCUT2D eigenvalue weighted by molar-refractivity contribution is -0.107. The average molecular weight is 342 g/mol. The number of halogens is 3. The van der Waals surface area contributed by atoms with Crippen LogP contribution in [0.1, 0.15) is 11.1 Å². The van der Waals surface area contributed by atoms with Gasteiger partial charge in [0.05, 0.1) is 10.0 Å². The van der Waals surface area contributed by atoms with Crippen molar-refractivity contribution in [2.45, 2.75) is 6.61 Å². The summed E-state index contributed by atoms with van der Waals surface area (Å²) in [5.74, 6) is 0.718. The zero-order valence-corrected chi connectivity index (χ0v) is 13.1. The minimum absolute atomic E-state index is 0.395. The largest absolute Gasteiger partial charge is 0.489 e. The van der Waals surface area contributed by atoms with E-state index in [4.69, 9.17) is 39.5 Å². The molecule has 0 aliphatic heterocycles. The van der Waals surface area contributed by atoms with Gasteiger partial charge in [-0.3, -0.25) is 4.79 Å². The summed E-state index contributed by atoms with van der Waals surface area (Å²) in [7, 11) is 0. The van der Waals surface area contributed by atoms with E-state index in [2.05, 4.69) is 0 Å². The van der Waals surface area contributed by atoms with Crippen LogP contribution in [0.15, 0.2) is 48.5 Å². The van der Waals surface area contributed by atoms with Gasteiger partial charge in [0.2, 0.25) is 5.24 Å². The van der Waals surface area contributed by atoms with Gasteiger partial charge in [0.1, 0.15) is 12.4 Å². The normalized spacial score (nSPS) is 10.8. The molecule has 0 unspecified atom stereocenters. The number of allylic oxidation sites excluding steroid dienone is 1. The number of rotatable bonds is 5. The Morgan fingerprint density at radius 1 is 1.05 bits per heavy atom. The third-order valence-electron chi connectivity index (χ3n) is 2.68. The van der Waals surface area contributed by atoms with E-state index in [1.165, 1.54) is 6.08 Å². The highest BCUT2D eigenvalue weighted by Gasteiger charge is 2.01. The number of hydrogen-bond donors (Lipinski definition) is 0. The molecule has 0 aliphatic carbocycles. The number of hydrogen-bond acceptors (Lipinski definition) is 2. The first kappa shape index (κ1) is 15.9. The monoisotopic (exact) mass is 340 g/mol. The van der Waals surface area contributed by atoms with Crippen molar-refractivity contribution in [1.29, 1.82) is 0 Å². The van der Waals surface area contributed by atoms with Crippen LogP contribution in [0.25, 0.3) is 6.08 Å². The van der Waals surface area contributed by atoms with Gasteiger partial charge in [-0.1, -0.05) is 47.5 Å². The lowest BCUT2D eigenvalue weighted by Crippen LogP contribution is -1.95. The van der Waals surface area contributed by atoms with Gasteiger partial charge < -0.3 is 4.74 Å². The number of carbonyl (C=O) groups excluding carboxylic acids is 1. The minimum Gasteiger partial charge on any atom is -0.489 e. The van der Waals surface area contributed by atoms with Crippen molar-refractivity contribution >= 4 is 46.1 Å². The van der Waals surface area contributed by atoms with Crippen LogP contribution >= 0.6 is 34.8 Å². The van der Waals surface area contributed by atoms with E-state index in [0.29, 0.717) is 16.7 Å². The first-order valence-corrected chi connectivity index (χ1v) is 7.22. The fraction of sp³-hybridized carbons (Fsp3) is 0.0625. The van der Waals surface area contributed by atoms with Crippen LogP contribution in [0.2, 0.25) is 10.0 Å². The summed E-state index contributed by atoms with van der Waals surface area (Å²) in [6.45, 7) is 0.395. The van der Waals surface area contributed by atoms with E-state index >= 15 is 0 Å². The Morgan fingerprint density at radius 3 is 2.38 bits per heavy atom. The van der Waals surface area contributed by atoms with Gasteiger partial charge in [0, 0.05) is 0 Å². The predicted octanol–water partition coefficient (Wildman–Crippen LogP) is 5.35. The van der Waals surface area contributed by atoms with Crippen LogP contribution in [-0.4, -0.2) is 5.24 Å². The van der Waals surface area contributed by atoms with Gasteiger partial charge in [0.25, 0.3) is 0 Å². The Kier molecular flexibility index (Phi) is 5.68. The van der Waals surface area contributed by atoms with Gasteiger partial charge >= 0.3 is 0 Å². The van der Waals surface area contributed by atoms with Crippen molar-refractivity contribution in [3.8, 4) is 5.75 Å². The summed E-state index contributed by atoms with van der Waals surface area (Å²) < 4.78 is 5.65. The highest BCUT2D eigenvalue weighted by molar-refractivity contribution is 6.66. The van der Waals surface area contributed by atoms with Crippen molar-refractivity contribution in [2.24, 2.45) is 0 Å². The molecule has 0 radical (unpaired) electrons. The maximum atomic E-state index is 10.6. The van der Waals surface area contributed by atoms with Gasteiger partial charge in [-0.25, -0.2) is 0 Å². The zero-order valence-electron chi connectivity index (χ0n) is 10.9. The molecular weight excluding hydrogens is 331 g/mol. The molecule has 0 spiro atoms. The molecule has 0 heterocycles. The molecule has 108 valence electrons. The Balaban J connectivity index is 1.97. The van der Waals surface area contributed by atoms with Crippen LogP contribution in [0.5, 0.6) is 5.75 Å². The first-order valence-electron chi connectivity index (χ1n) is 6.09. The Bertz CT molecular complexity index is 664. The molecule has 0 amide bonds. The molecule has 2 rings (SSSR count). The fourth-order valence-corrected chi connectivity index (χ4v) is 2.02. The third kappa shape index (κ3) is 5.09. The topological polar surface area (TPSA) is 26.3 Å². The summed E-state index contributed by atoms with van der Waals surface area (Å²) in [6, 6.07) is 12.7. The van der Waals surface area contributed by atoms with E-state index in [1.807, 2.05) is 30.3 Å². The molecule has 2 aromatic carbocycles. The van der Waals surface area contributed by atoms with Crippen molar-refractivity contribution in [1.82, 2.24) is 0 Å². The Hall–Kier alpha value is -1.48. The van der Waals surface area contributed by atoms with Crippen molar-refractivity contribution in [3.63, 3.8) is 0 Å². The van der Waals surface area contributed by atoms with E-state index in [9.17, 15) is 4.79 Å². The number of carbonyl (C=O) groups is 1. The molecule has 0 fully saturated rings. The first-order chi connectivity index (χ1) is 10.0. The second-order valence-electron chi connectivity index (χ2n) is 4.24. The summed E-state index contributed by atoms with van der Waals surface area (Å²) in [5.41, 5.74) is 1.80. The fourth-order valence-electron chi connectivity index (χ4n) is 1.63. The molecule has 0 bridgehead atoms. The van der Waals surface area contributed by atoms with Crippen LogP contribution in [0.4, 0.5) is 0 Å². The smallest absolute Gasteiger partial charge is 0.245 e. The zero-order chi connectivity index (χ0) is 15.2. The van der Waals surface area contributed by atoms with Gasteiger partial charge in [-0.2, -0.15) is 0 Å². The molecule has 2 aromatic rings. The van der Waals surface area contributed by atoms with Gasteiger partial charge in [-0.05, 0) is 53.1 Å². The van der Waals surface area contributed by atoms with E-state index < -0.39 is 5.24 Å². The van der Waals surface area contributed by atoms with Crippen molar-refractivity contribution < 1.29 is 9.53 Å². The molecule has 21 heavy (non-hydrogen) atoms. The second-order valence-corrected chi connectivity index (χ2v) is 5.43. The summed E-state index contributed by atoms with van der Waals surface area (Å²) in [5, 5.41) is 0.518. The summed E-state index contributed by atoms with van der Waals surface area (Å²) >= 11 is 17.0. The Morgan fingerprint density at radius 2 is 1.76 bits per heavy atom. The molecule has 0 saturated carbocycles. The molecule has 5 heteroatoms. The lowest BCUT2D eigenvalue weighted by atomic mass is 10.2. The number of ether oxygens (including phenoxy) is 1. The molecule has 2 nitrogen and oxygen atoms in total. The van der Waals surface area contributed by atoms with Gasteiger partial charge in [-0.15, -0.1) is 0 Å². The van der Waals surface area contributed by atoms with E-state index in [1.54, 1.807) is 18.2 Å². The van der Waals surface area contributed by atoms with Crippen LogP contribution in [-0.2, 0) is 11.4 Å². The standard InChI is InChI=1S/C16H11Cl3O2/c17-14-7-3-12(9-15(14)18)10-21-13-5-1-11(2-6-13)4-8-16(19)20/h1-9H,10H2/b8-4+. The van der Waals surface area contributed by atoms with Crippen LogP contribution < -0.4 is 4.74 Å². The van der Waals surface area contributed by atoms with Crippen LogP contribution in [0, 0.1) is 0 Å². The third-order valence-corrected chi connectivity index (χ3v) is 3.54. The highest BCUT2D eigenvalue weighted by atomic mass is 35.5. The number of benzene rings is 2. The van der Waals surface area contributed by atoms with E-state index in [0.717, 1.165) is 16.9 Å². The molecule has 0 N–H and O–H groups in total. The van der Waals surface area contributed by atoms with Crippen molar-refractivity contribution in [3.05, 3.63) is 69.7 Å². The molecule has 0 saturated heterocycles. The maximum Gasteiger partial charge on any atom is 0.245 e. The average Bonchev–Trinajstić information content (AvgIpc) is 2.47. The van der Waals surface area contributed by atoms with Crippen molar-refractivity contribution in [2.75, 3.05) is 0 Å². The van der Waals surface area contributed by atoms with E-state index in [-0.39, 0.29) is 0 Å². The molecule has 0 aromatic heterocycles. The molecule has 0 aliphatic rings.